The van der Waals surface area contributed by atoms with Gasteiger partial charge in [-0.3, -0.25) is 9.36 Å². The van der Waals surface area contributed by atoms with Crippen LogP contribution >= 0.6 is 23.2 Å². The number of benzene rings is 3. The zero-order valence-corrected chi connectivity index (χ0v) is 16.0. The summed E-state index contributed by atoms with van der Waals surface area (Å²) in [7, 11) is 0. The molecule has 1 aromatic heterocycles. The fourth-order valence-electron chi connectivity index (χ4n) is 2.93. The van der Waals surface area contributed by atoms with Gasteiger partial charge >= 0.3 is 0 Å². The highest BCUT2D eigenvalue weighted by Gasteiger charge is 2.16. The van der Waals surface area contributed by atoms with E-state index in [0.717, 1.165) is 5.56 Å². The van der Waals surface area contributed by atoms with Gasteiger partial charge in [0.05, 0.1) is 26.6 Å². The Hall–Kier alpha value is -2.95. The van der Waals surface area contributed by atoms with Crippen LogP contribution in [0.15, 0.2) is 71.5 Å². The Balaban J connectivity index is 1.99. The molecule has 0 saturated heterocycles. The Morgan fingerprint density at radius 2 is 1.54 bits per heavy atom. The van der Waals surface area contributed by atoms with E-state index in [2.05, 4.69) is 4.98 Å². The summed E-state index contributed by atoms with van der Waals surface area (Å²) < 4.78 is 14.5. The Morgan fingerprint density at radius 3 is 2.25 bits per heavy atom. The fraction of sp³-hybridized carbons (Fsp3) is 0. The van der Waals surface area contributed by atoms with Gasteiger partial charge in [-0.05, 0) is 48.0 Å². The van der Waals surface area contributed by atoms with E-state index >= 15 is 0 Å². The van der Waals surface area contributed by atoms with Crippen molar-refractivity contribution in [2.24, 2.45) is 0 Å². The minimum Gasteiger partial charge on any atom is -0.268 e. The third-order valence-corrected chi connectivity index (χ3v) is 4.87. The van der Waals surface area contributed by atoms with E-state index in [-0.39, 0.29) is 11.4 Å². The third-order valence-electron chi connectivity index (χ3n) is 4.26. The van der Waals surface area contributed by atoms with E-state index in [0.29, 0.717) is 32.5 Å². The van der Waals surface area contributed by atoms with Crippen LogP contribution in [0.25, 0.3) is 28.7 Å². The molecule has 0 saturated carbocycles. The fourth-order valence-corrected chi connectivity index (χ4v) is 3.49. The smallest absolute Gasteiger partial charge is 0.266 e. The van der Waals surface area contributed by atoms with Crippen molar-refractivity contribution in [3.8, 4) is 5.69 Å². The van der Waals surface area contributed by atoms with Gasteiger partial charge in [0.1, 0.15) is 11.6 Å². The maximum Gasteiger partial charge on any atom is 0.266 e. The molecule has 4 rings (SSSR count). The predicted octanol–water partition coefficient (Wildman–Crippen LogP) is 6.00. The monoisotopic (exact) mass is 410 g/mol. The number of halogens is 3. The predicted molar refractivity (Wildman–Crippen MR) is 113 cm³/mol. The lowest BCUT2D eigenvalue weighted by atomic mass is 10.2. The van der Waals surface area contributed by atoms with Crippen LogP contribution in [0.4, 0.5) is 4.39 Å². The minimum atomic E-state index is -0.319. The van der Waals surface area contributed by atoms with Crippen molar-refractivity contribution >= 4 is 46.3 Å². The molecule has 0 spiro atoms. The standard InChI is InChI=1S/C22H13Cl2FN2O/c23-17-5-3-6-18(24)21(17)27-20(13-10-14-8-11-15(25)12-9-14)26-19-7-2-1-4-16(19)22(27)28/h1-13H. The molecule has 3 aromatic carbocycles. The van der Waals surface area contributed by atoms with Gasteiger partial charge < -0.3 is 0 Å². The van der Waals surface area contributed by atoms with Crippen LogP contribution in [0.1, 0.15) is 11.4 Å². The van der Waals surface area contributed by atoms with Gasteiger partial charge in [0, 0.05) is 0 Å². The van der Waals surface area contributed by atoms with Gasteiger partial charge in [-0.2, -0.15) is 0 Å². The number of hydrogen-bond acceptors (Lipinski definition) is 2. The lowest BCUT2D eigenvalue weighted by Crippen LogP contribution is -2.23. The van der Waals surface area contributed by atoms with E-state index in [9.17, 15) is 9.18 Å². The van der Waals surface area contributed by atoms with Crippen LogP contribution in [0, 0.1) is 5.82 Å². The lowest BCUT2D eigenvalue weighted by molar-refractivity contribution is 0.628. The van der Waals surface area contributed by atoms with E-state index < -0.39 is 0 Å². The maximum absolute atomic E-state index is 13.2. The number of fused-ring (bicyclic) bond motifs is 1. The summed E-state index contributed by atoms with van der Waals surface area (Å²) in [6, 6.07) is 18.1. The van der Waals surface area contributed by atoms with Gasteiger partial charge in [-0.15, -0.1) is 0 Å². The molecule has 0 aliphatic rings. The molecule has 6 heteroatoms. The molecular weight excluding hydrogens is 398 g/mol. The highest BCUT2D eigenvalue weighted by atomic mass is 35.5. The summed E-state index contributed by atoms with van der Waals surface area (Å²) in [5.74, 6) is 0.0452. The zero-order chi connectivity index (χ0) is 19.7. The second-order valence-corrected chi connectivity index (χ2v) is 6.90. The first kappa shape index (κ1) is 18.4. The van der Waals surface area contributed by atoms with Crippen LogP contribution < -0.4 is 5.56 Å². The minimum absolute atomic E-state index is 0.278. The van der Waals surface area contributed by atoms with E-state index in [4.69, 9.17) is 23.2 Å². The summed E-state index contributed by atoms with van der Waals surface area (Å²) in [5, 5.41) is 1.13. The van der Waals surface area contributed by atoms with Crippen LogP contribution in [0.5, 0.6) is 0 Å². The number of hydrogen-bond donors (Lipinski definition) is 0. The first-order valence-corrected chi connectivity index (χ1v) is 9.20. The number of rotatable bonds is 3. The molecule has 0 fully saturated rings. The van der Waals surface area contributed by atoms with Crippen LogP contribution in [-0.2, 0) is 0 Å². The highest BCUT2D eigenvalue weighted by molar-refractivity contribution is 6.37. The normalized spacial score (nSPS) is 11.4. The summed E-state index contributed by atoms with van der Waals surface area (Å²) in [6.07, 6.45) is 3.43. The summed E-state index contributed by atoms with van der Waals surface area (Å²) >= 11 is 12.7. The van der Waals surface area contributed by atoms with E-state index in [1.165, 1.54) is 16.7 Å². The average molecular weight is 411 g/mol. The van der Waals surface area contributed by atoms with Gasteiger partial charge in [0.2, 0.25) is 0 Å². The molecule has 0 amide bonds. The molecule has 4 aromatic rings. The van der Waals surface area contributed by atoms with Crippen LogP contribution in [0.3, 0.4) is 0 Å². The number of aromatic nitrogens is 2. The highest BCUT2D eigenvalue weighted by Crippen LogP contribution is 2.29. The van der Waals surface area contributed by atoms with Gasteiger partial charge in [0.15, 0.2) is 0 Å². The third kappa shape index (κ3) is 3.44. The van der Waals surface area contributed by atoms with Gasteiger partial charge in [0.25, 0.3) is 5.56 Å². The molecule has 28 heavy (non-hydrogen) atoms. The Labute approximate surface area is 170 Å². The molecule has 3 nitrogen and oxygen atoms in total. The largest absolute Gasteiger partial charge is 0.268 e. The molecule has 0 atom stereocenters. The molecule has 0 radical (unpaired) electrons. The maximum atomic E-state index is 13.2. The summed E-state index contributed by atoms with van der Waals surface area (Å²) in [5.41, 5.74) is 1.42. The second-order valence-electron chi connectivity index (χ2n) is 6.08. The summed E-state index contributed by atoms with van der Waals surface area (Å²) in [6.45, 7) is 0. The number of nitrogens with zero attached hydrogens (tertiary/aromatic N) is 2. The van der Waals surface area contributed by atoms with Crippen LogP contribution in [0.2, 0.25) is 10.0 Å². The van der Waals surface area contributed by atoms with Crippen LogP contribution in [-0.4, -0.2) is 9.55 Å². The molecule has 0 aliphatic carbocycles. The molecule has 0 N–H and O–H groups in total. The van der Waals surface area contributed by atoms with Crippen molar-refractivity contribution in [3.63, 3.8) is 0 Å². The SMILES string of the molecule is O=c1c2ccccc2nc(C=Cc2ccc(F)cc2)n1-c1c(Cl)cccc1Cl. The molecule has 0 unspecified atom stereocenters. The number of para-hydroxylation sites is 2. The van der Waals surface area contributed by atoms with Crippen molar-refractivity contribution in [2.75, 3.05) is 0 Å². The van der Waals surface area contributed by atoms with Crippen molar-refractivity contribution in [1.29, 1.82) is 0 Å². The summed E-state index contributed by atoms with van der Waals surface area (Å²) in [4.78, 5) is 17.8. The first-order valence-electron chi connectivity index (χ1n) is 8.44. The second kappa shape index (κ2) is 7.58. The topological polar surface area (TPSA) is 34.9 Å². The molecule has 0 bridgehead atoms. The van der Waals surface area contributed by atoms with Crippen molar-refractivity contribution in [3.05, 3.63) is 104 Å². The van der Waals surface area contributed by atoms with Gasteiger partial charge in [-0.1, -0.05) is 59.6 Å². The average Bonchev–Trinajstić information content (AvgIpc) is 2.69. The van der Waals surface area contributed by atoms with Crippen molar-refractivity contribution in [2.45, 2.75) is 0 Å². The quantitative estimate of drug-likeness (QED) is 0.414. The van der Waals surface area contributed by atoms with Gasteiger partial charge in [-0.25, -0.2) is 9.37 Å². The lowest BCUT2D eigenvalue weighted by Gasteiger charge is -2.14. The Bertz CT molecular complexity index is 1240. The van der Waals surface area contributed by atoms with Crippen molar-refractivity contribution in [1.82, 2.24) is 9.55 Å². The van der Waals surface area contributed by atoms with E-state index in [1.54, 1.807) is 60.7 Å². The molecule has 0 aliphatic heterocycles. The zero-order valence-electron chi connectivity index (χ0n) is 14.4. The van der Waals surface area contributed by atoms with E-state index in [1.807, 2.05) is 6.07 Å². The Morgan fingerprint density at radius 1 is 0.857 bits per heavy atom. The Kier molecular flexibility index (Phi) is 4.99. The van der Waals surface area contributed by atoms with Crippen molar-refractivity contribution < 1.29 is 4.39 Å². The molecule has 138 valence electrons. The molecule has 1 heterocycles. The first-order chi connectivity index (χ1) is 13.5. The molecular formula is C22H13Cl2FN2O.